The van der Waals surface area contributed by atoms with E-state index in [1.54, 1.807) is 6.07 Å². The van der Waals surface area contributed by atoms with Crippen LogP contribution in [0.2, 0.25) is 0 Å². The highest BCUT2D eigenvalue weighted by Crippen LogP contribution is 2.25. The van der Waals surface area contributed by atoms with Crippen LogP contribution in [0.15, 0.2) is 24.3 Å². The van der Waals surface area contributed by atoms with Crippen LogP contribution < -0.4 is 10.1 Å². The second kappa shape index (κ2) is 6.94. The largest absolute Gasteiger partial charge is 0.573 e. The number of alkyl halides is 3. The fraction of sp³-hybridized carbons (Fsp3) is 0.500. The minimum absolute atomic E-state index is 0.0424. The van der Waals surface area contributed by atoms with Gasteiger partial charge in [0.15, 0.2) is 0 Å². The third kappa shape index (κ3) is 7.34. The second-order valence-corrected chi connectivity index (χ2v) is 6.58. The van der Waals surface area contributed by atoms with E-state index in [0.717, 1.165) is 6.26 Å². The van der Waals surface area contributed by atoms with Crippen molar-refractivity contribution in [3.63, 3.8) is 0 Å². The van der Waals surface area contributed by atoms with E-state index in [4.69, 9.17) is 0 Å². The number of ether oxygens (including phenoxy) is 1. The van der Waals surface area contributed by atoms with Crippen LogP contribution in [0.25, 0.3) is 0 Å². The lowest BCUT2D eigenvalue weighted by atomic mass is 10.2. The molecule has 0 aromatic heterocycles. The summed E-state index contributed by atoms with van der Waals surface area (Å²) in [6, 6.07) is 5.82. The highest BCUT2D eigenvalue weighted by Gasteiger charge is 2.31. The van der Waals surface area contributed by atoms with Crippen LogP contribution in [-0.2, 0) is 16.4 Å². The van der Waals surface area contributed by atoms with E-state index in [0.29, 0.717) is 18.5 Å². The molecule has 4 nitrogen and oxygen atoms in total. The van der Waals surface area contributed by atoms with Crippen molar-refractivity contribution in [3.05, 3.63) is 29.8 Å². The zero-order valence-corrected chi connectivity index (χ0v) is 11.7. The topological polar surface area (TPSA) is 55.4 Å². The number of rotatable bonds is 7. The summed E-state index contributed by atoms with van der Waals surface area (Å²) in [5.74, 6) is -0.212. The maximum atomic E-state index is 12.2. The standard InChI is InChI=1S/C12H16F3NO3S/c1-20(17,18)8-4-7-16-9-10-5-2-3-6-11(10)19-12(13,14)15/h2-3,5-6,16H,4,7-9H2,1H3. The Hall–Kier alpha value is -1.28. The average Bonchev–Trinajstić information content (AvgIpc) is 2.27. The first-order valence-electron chi connectivity index (χ1n) is 5.89. The molecular weight excluding hydrogens is 295 g/mol. The minimum atomic E-state index is -4.73. The van der Waals surface area contributed by atoms with Crippen LogP contribution in [0, 0.1) is 0 Å². The van der Waals surface area contributed by atoms with E-state index >= 15 is 0 Å². The molecule has 0 bridgehead atoms. The molecule has 8 heteroatoms. The Kier molecular flexibility index (Phi) is 5.82. The van der Waals surface area contributed by atoms with Gasteiger partial charge in [0.05, 0.1) is 5.75 Å². The molecule has 0 atom stereocenters. The smallest absolute Gasteiger partial charge is 0.405 e. The van der Waals surface area contributed by atoms with Gasteiger partial charge in [-0.2, -0.15) is 0 Å². The summed E-state index contributed by atoms with van der Waals surface area (Å²) in [6.45, 7) is 0.573. The first-order valence-corrected chi connectivity index (χ1v) is 7.95. The Balaban J connectivity index is 2.48. The van der Waals surface area contributed by atoms with Crippen LogP contribution in [0.1, 0.15) is 12.0 Å². The first kappa shape index (κ1) is 16.8. The quantitative estimate of drug-likeness (QED) is 0.784. The molecule has 114 valence electrons. The number of para-hydroxylation sites is 1. The summed E-state index contributed by atoms with van der Waals surface area (Å²) in [4.78, 5) is 0. The molecule has 0 aliphatic rings. The van der Waals surface area contributed by atoms with E-state index in [9.17, 15) is 21.6 Å². The molecule has 0 spiro atoms. The van der Waals surface area contributed by atoms with Crippen LogP contribution in [0.5, 0.6) is 5.75 Å². The van der Waals surface area contributed by atoms with Crippen molar-refractivity contribution in [2.75, 3.05) is 18.6 Å². The van der Waals surface area contributed by atoms with Gasteiger partial charge in [0, 0.05) is 18.4 Å². The molecule has 1 aromatic rings. The zero-order valence-electron chi connectivity index (χ0n) is 10.9. The summed E-state index contributed by atoms with van der Waals surface area (Å²) in [5.41, 5.74) is 0.365. The highest BCUT2D eigenvalue weighted by molar-refractivity contribution is 7.90. The summed E-state index contributed by atoms with van der Waals surface area (Å²) in [7, 11) is -3.01. The molecule has 0 fully saturated rings. The Labute approximate surface area is 115 Å². The zero-order chi connectivity index (χ0) is 15.2. The molecule has 20 heavy (non-hydrogen) atoms. The van der Waals surface area contributed by atoms with Crippen molar-refractivity contribution in [2.24, 2.45) is 0 Å². The van der Waals surface area contributed by atoms with Crippen molar-refractivity contribution < 1.29 is 26.3 Å². The van der Waals surface area contributed by atoms with Gasteiger partial charge in [0.25, 0.3) is 0 Å². The van der Waals surface area contributed by atoms with Gasteiger partial charge in [-0.05, 0) is 19.0 Å². The maximum absolute atomic E-state index is 12.2. The molecule has 0 saturated heterocycles. The molecule has 0 unspecified atom stereocenters. The molecule has 1 rings (SSSR count). The van der Waals surface area contributed by atoms with Gasteiger partial charge in [0.2, 0.25) is 0 Å². The van der Waals surface area contributed by atoms with Crippen molar-refractivity contribution in [3.8, 4) is 5.75 Å². The number of sulfone groups is 1. The fourth-order valence-electron chi connectivity index (χ4n) is 1.56. The Morgan fingerprint density at radius 1 is 1.25 bits per heavy atom. The Morgan fingerprint density at radius 2 is 1.90 bits per heavy atom. The summed E-state index contributed by atoms with van der Waals surface area (Å²) in [5, 5.41) is 2.89. The van der Waals surface area contributed by atoms with Gasteiger partial charge in [-0.1, -0.05) is 18.2 Å². The van der Waals surface area contributed by atoms with Crippen LogP contribution in [0.4, 0.5) is 13.2 Å². The lowest BCUT2D eigenvalue weighted by molar-refractivity contribution is -0.274. The van der Waals surface area contributed by atoms with Crippen molar-refractivity contribution >= 4 is 9.84 Å². The Morgan fingerprint density at radius 3 is 2.50 bits per heavy atom. The van der Waals surface area contributed by atoms with Gasteiger partial charge >= 0.3 is 6.36 Å². The van der Waals surface area contributed by atoms with Gasteiger partial charge in [-0.15, -0.1) is 13.2 Å². The SMILES string of the molecule is CS(=O)(=O)CCCNCc1ccccc1OC(F)(F)F. The number of nitrogens with one attached hydrogen (secondary N) is 1. The second-order valence-electron chi connectivity index (χ2n) is 4.32. The predicted molar refractivity (Wildman–Crippen MR) is 69.2 cm³/mol. The van der Waals surface area contributed by atoms with E-state index in [2.05, 4.69) is 10.1 Å². The lowest BCUT2D eigenvalue weighted by Gasteiger charge is -2.13. The molecule has 0 radical (unpaired) electrons. The maximum Gasteiger partial charge on any atom is 0.573 e. The van der Waals surface area contributed by atoms with Gasteiger partial charge < -0.3 is 10.1 Å². The van der Waals surface area contributed by atoms with E-state index in [1.807, 2.05) is 0 Å². The van der Waals surface area contributed by atoms with Crippen molar-refractivity contribution in [2.45, 2.75) is 19.3 Å². The summed E-state index contributed by atoms with van der Waals surface area (Å²) in [6.07, 6.45) is -3.19. The molecule has 0 aliphatic heterocycles. The highest BCUT2D eigenvalue weighted by atomic mass is 32.2. The third-order valence-electron chi connectivity index (χ3n) is 2.38. The molecule has 0 amide bonds. The summed E-state index contributed by atoms with van der Waals surface area (Å²) < 4.78 is 62.3. The van der Waals surface area contributed by atoms with Gasteiger partial charge in [0.1, 0.15) is 15.6 Å². The van der Waals surface area contributed by atoms with Crippen molar-refractivity contribution in [1.82, 2.24) is 5.32 Å². The number of hydrogen-bond donors (Lipinski definition) is 1. The van der Waals surface area contributed by atoms with Crippen LogP contribution in [-0.4, -0.2) is 33.3 Å². The van der Waals surface area contributed by atoms with Gasteiger partial charge in [-0.3, -0.25) is 0 Å². The molecule has 1 N–H and O–H groups in total. The minimum Gasteiger partial charge on any atom is -0.405 e. The fourth-order valence-corrected chi connectivity index (χ4v) is 2.23. The third-order valence-corrected chi connectivity index (χ3v) is 3.41. The van der Waals surface area contributed by atoms with Crippen LogP contribution in [0.3, 0.4) is 0 Å². The van der Waals surface area contributed by atoms with Gasteiger partial charge in [-0.25, -0.2) is 8.42 Å². The number of benzene rings is 1. The van der Waals surface area contributed by atoms with E-state index < -0.39 is 16.2 Å². The average molecular weight is 311 g/mol. The predicted octanol–water partition coefficient (Wildman–Crippen LogP) is 2.11. The van der Waals surface area contributed by atoms with Crippen LogP contribution >= 0.6 is 0 Å². The van der Waals surface area contributed by atoms with Crippen molar-refractivity contribution in [1.29, 1.82) is 0 Å². The molecule has 0 saturated carbocycles. The number of halogens is 3. The molecule has 0 aliphatic carbocycles. The van der Waals surface area contributed by atoms with E-state index in [1.165, 1.54) is 18.2 Å². The van der Waals surface area contributed by atoms with E-state index in [-0.39, 0.29) is 18.0 Å². The Bertz CT molecular complexity index is 529. The molecule has 0 heterocycles. The molecular formula is C12H16F3NO3S. The summed E-state index contributed by atoms with van der Waals surface area (Å²) >= 11 is 0. The first-order chi connectivity index (χ1) is 9.17. The normalized spacial score (nSPS) is 12.4. The molecule has 1 aromatic carbocycles. The number of hydrogen-bond acceptors (Lipinski definition) is 4. The monoisotopic (exact) mass is 311 g/mol. The lowest BCUT2D eigenvalue weighted by Crippen LogP contribution is -2.21.